The molecule has 3 nitrogen and oxygen atoms in total. The predicted molar refractivity (Wildman–Crippen MR) is 115 cm³/mol. The highest BCUT2D eigenvalue weighted by Crippen LogP contribution is 2.37. The number of benzene rings is 3. The summed E-state index contributed by atoms with van der Waals surface area (Å²) < 4.78 is 0. The zero-order valence-electron chi connectivity index (χ0n) is 14.4. The van der Waals surface area contributed by atoms with Crippen LogP contribution >= 0.6 is 23.4 Å². The Labute approximate surface area is 167 Å². The molecule has 5 heteroatoms. The Morgan fingerprint density at radius 2 is 1.81 bits per heavy atom. The monoisotopic (exact) mass is 389 g/mol. The molecule has 1 aliphatic carbocycles. The van der Waals surface area contributed by atoms with Crippen molar-refractivity contribution in [3.63, 3.8) is 0 Å². The highest BCUT2D eigenvalue weighted by molar-refractivity contribution is 8.14. The maximum Gasteiger partial charge on any atom is 0.182 e. The molecule has 1 heterocycles. The van der Waals surface area contributed by atoms with Crippen molar-refractivity contribution < 1.29 is 0 Å². The normalized spacial score (nSPS) is 16.5. The van der Waals surface area contributed by atoms with Crippen LogP contribution in [-0.4, -0.2) is 16.6 Å². The maximum absolute atomic E-state index is 6.02. The highest BCUT2D eigenvalue weighted by Gasteiger charge is 2.20. The molecule has 1 aliphatic heterocycles. The van der Waals surface area contributed by atoms with Crippen LogP contribution in [0.1, 0.15) is 16.7 Å². The van der Waals surface area contributed by atoms with Crippen molar-refractivity contribution in [2.75, 3.05) is 5.75 Å². The number of hydrogen-bond acceptors (Lipinski definition) is 3. The molecular formula is C22H16ClN3S. The Balaban J connectivity index is 1.41. The van der Waals surface area contributed by atoms with Gasteiger partial charge in [-0.25, -0.2) is 4.99 Å². The fourth-order valence-corrected chi connectivity index (χ4v) is 4.46. The van der Waals surface area contributed by atoms with Crippen LogP contribution in [0.3, 0.4) is 0 Å². The second-order valence-corrected chi connectivity index (χ2v) is 7.96. The lowest BCUT2D eigenvalue weighted by molar-refractivity contribution is 1.03. The molecule has 0 bridgehead atoms. The molecule has 132 valence electrons. The van der Waals surface area contributed by atoms with Gasteiger partial charge < -0.3 is 0 Å². The SMILES string of the molecule is Clc1cccc(N=C2NN=C(c3ccc4c(c3)-c3ccccc3C4)CS2)c1. The predicted octanol–water partition coefficient (Wildman–Crippen LogP) is 5.64. The summed E-state index contributed by atoms with van der Waals surface area (Å²) in [6.07, 6.45) is 1.02. The van der Waals surface area contributed by atoms with Crippen molar-refractivity contribution in [2.45, 2.75) is 6.42 Å². The Morgan fingerprint density at radius 1 is 0.926 bits per heavy atom. The van der Waals surface area contributed by atoms with Crippen LogP contribution < -0.4 is 5.43 Å². The third kappa shape index (κ3) is 3.27. The average Bonchev–Trinajstić information content (AvgIpc) is 3.06. The minimum absolute atomic E-state index is 0.681. The van der Waals surface area contributed by atoms with Crippen LogP contribution in [0.25, 0.3) is 11.1 Å². The lowest BCUT2D eigenvalue weighted by atomic mass is 10.0. The number of thioether (sulfide) groups is 1. The van der Waals surface area contributed by atoms with Gasteiger partial charge >= 0.3 is 0 Å². The molecule has 0 unspecified atom stereocenters. The van der Waals surface area contributed by atoms with E-state index in [2.05, 4.69) is 58.0 Å². The Morgan fingerprint density at radius 3 is 2.67 bits per heavy atom. The van der Waals surface area contributed by atoms with E-state index in [9.17, 15) is 0 Å². The third-order valence-corrected chi connectivity index (χ3v) is 5.91. The van der Waals surface area contributed by atoms with Crippen LogP contribution in [0.2, 0.25) is 5.02 Å². The highest BCUT2D eigenvalue weighted by atomic mass is 35.5. The topological polar surface area (TPSA) is 36.8 Å². The number of halogens is 1. The summed E-state index contributed by atoms with van der Waals surface area (Å²) >= 11 is 7.67. The summed E-state index contributed by atoms with van der Waals surface area (Å²) in [6, 6.07) is 22.8. The van der Waals surface area contributed by atoms with Gasteiger partial charge in [0.15, 0.2) is 5.17 Å². The molecule has 0 saturated heterocycles. The molecule has 27 heavy (non-hydrogen) atoms. The Hall–Kier alpha value is -2.56. The van der Waals surface area contributed by atoms with Gasteiger partial charge in [0, 0.05) is 10.8 Å². The third-order valence-electron chi connectivity index (χ3n) is 4.80. The molecule has 0 amide bonds. The number of hydrazone groups is 1. The van der Waals surface area contributed by atoms with E-state index in [1.807, 2.05) is 24.3 Å². The van der Waals surface area contributed by atoms with E-state index in [-0.39, 0.29) is 0 Å². The first kappa shape index (κ1) is 16.6. The second kappa shape index (κ2) is 6.87. The van der Waals surface area contributed by atoms with E-state index in [4.69, 9.17) is 11.6 Å². The molecular weight excluding hydrogens is 374 g/mol. The number of nitrogens with zero attached hydrogens (tertiary/aromatic N) is 2. The molecule has 0 saturated carbocycles. The van der Waals surface area contributed by atoms with Gasteiger partial charge in [0.1, 0.15) is 0 Å². The zero-order valence-corrected chi connectivity index (χ0v) is 16.0. The summed E-state index contributed by atoms with van der Waals surface area (Å²) in [5.74, 6) is 0.785. The van der Waals surface area contributed by atoms with Crippen molar-refractivity contribution in [1.29, 1.82) is 0 Å². The minimum Gasteiger partial charge on any atom is -0.255 e. The van der Waals surface area contributed by atoms with Crippen LogP contribution in [0, 0.1) is 0 Å². The standard InChI is InChI=1S/C22H16ClN3S/c23-17-5-3-6-18(12-17)24-22-26-25-21(13-27-22)16-9-8-15-10-14-4-1-2-7-19(14)20(15)11-16/h1-9,11-12H,10,13H2,(H,24,26). The van der Waals surface area contributed by atoms with Crippen LogP contribution in [0.15, 0.2) is 76.8 Å². The molecule has 0 aromatic heterocycles. The van der Waals surface area contributed by atoms with Gasteiger partial charge in [0.2, 0.25) is 0 Å². The first-order valence-corrected chi connectivity index (χ1v) is 10.1. The number of hydrogen-bond donors (Lipinski definition) is 1. The van der Waals surface area contributed by atoms with Gasteiger partial charge in [0.25, 0.3) is 0 Å². The van der Waals surface area contributed by atoms with E-state index in [1.165, 1.54) is 22.3 Å². The van der Waals surface area contributed by atoms with Crippen LogP contribution in [-0.2, 0) is 6.42 Å². The second-order valence-electron chi connectivity index (χ2n) is 6.56. The minimum atomic E-state index is 0.681. The van der Waals surface area contributed by atoms with Crippen molar-refractivity contribution in [2.24, 2.45) is 10.1 Å². The maximum atomic E-state index is 6.02. The molecule has 2 aliphatic rings. The number of amidine groups is 1. The first-order chi connectivity index (χ1) is 13.3. The zero-order chi connectivity index (χ0) is 18.2. The molecule has 0 fully saturated rings. The summed E-state index contributed by atoms with van der Waals surface area (Å²) in [6.45, 7) is 0. The Bertz CT molecular complexity index is 1100. The largest absolute Gasteiger partial charge is 0.255 e. The summed E-state index contributed by atoms with van der Waals surface area (Å²) in [5.41, 5.74) is 11.6. The van der Waals surface area contributed by atoms with E-state index < -0.39 is 0 Å². The lowest BCUT2D eigenvalue weighted by Crippen LogP contribution is -2.25. The van der Waals surface area contributed by atoms with Gasteiger partial charge in [-0.05, 0) is 58.5 Å². The van der Waals surface area contributed by atoms with E-state index in [0.717, 1.165) is 34.3 Å². The molecule has 0 atom stereocenters. The summed E-state index contributed by atoms with van der Waals surface area (Å²) in [4.78, 5) is 4.57. The molecule has 5 rings (SSSR count). The van der Waals surface area contributed by atoms with Crippen molar-refractivity contribution in [3.8, 4) is 11.1 Å². The molecule has 0 radical (unpaired) electrons. The van der Waals surface area contributed by atoms with Gasteiger partial charge in [-0.1, -0.05) is 65.8 Å². The van der Waals surface area contributed by atoms with Crippen LogP contribution in [0.4, 0.5) is 5.69 Å². The number of fused-ring (bicyclic) bond motifs is 3. The lowest BCUT2D eigenvalue weighted by Gasteiger charge is -2.15. The smallest absolute Gasteiger partial charge is 0.182 e. The number of nitrogens with one attached hydrogen (secondary N) is 1. The molecule has 1 N–H and O–H groups in total. The Kier molecular flexibility index (Phi) is 4.23. The van der Waals surface area contributed by atoms with E-state index in [0.29, 0.717) is 5.02 Å². The van der Waals surface area contributed by atoms with E-state index >= 15 is 0 Å². The number of aliphatic imine (C=N–C) groups is 1. The van der Waals surface area contributed by atoms with Gasteiger partial charge in [-0.15, -0.1) is 0 Å². The van der Waals surface area contributed by atoms with Crippen LogP contribution in [0.5, 0.6) is 0 Å². The van der Waals surface area contributed by atoms with Gasteiger partial charge in [0.05, 0.1) is 11.4 Å². The number of rotatable bonds is 2. The fraction of sp³-hybridized carbons (Fsp3) is 0.0909. The molecule has 3 aromatic rings. The van der Waals surface area contributed by atoms with Gasteiger partial charge in [-0.3, -0.25) is 5.43 Å². The van der Waals surface area contributed by atoms with Crippen molar-refractivity contribution >= 4 is 39.9 Å². The first-order valence-electron chi connectivity index (χ1n) is 8.77. The van der Waals surface area contributed by atoms with E-state index in [1.54, 1.807) is 11.8 Å². The fourth-order valence-electron chi connectivity index (χ4n) is 3.49. The van der Waals surface area contributed by atoms with Crippen molar-refractivity contribution in [1.82, 2.24) is 5.43 Å². The molecule has 0 spiro atoms. The van der Waals surface area contributed by atoms with Crippen molar-refractivity contribution in [3.05, 3.63) is 88.4 Å². The summed E-state index contributed by atoms with van der Waals surface area (Å²) in [5, 5.41) is 6.03. The molecule has 3 aromatic carbocycles. The quantitative estimate of drug-likeness (QED) is 0.481. The van der Waals surface area contributed by atoms with Gasteiger partial charge in [-0.2, -0.15) is 5.10 Å². The average molecular weight is 390 g/mol. The summed E-state index contributed by atoms with van der Waals surface area (Å²) in [7, 11) is 0.